The number of nitrogens with one attached hydrogen (secondary N) is 1. The molecule has 1 aromatic heterocycles. The number of rotatable bonds is 4. The summed E-state index contributed by atoms with van der Waals surface area (Å²) in [5.41, 5.74) is 0.974. The van der Waals surface area contributed by atoms with Gasteiger partial charge in [-0.05, 0) is 44.2 Å². The quantitative estimate of drug-likeness (QED) is 0.928. The van der Waals surface area contributed by atoms with Crippen LogP contribution in [0.5, 0.6) is 0 Å². The molecule has 1 saturated heterocycles. The van der Waals surface area contributed by atoms with Gasteiger partial charge < -0.3 is 15.0 Å². The maximum atomic E-state index is 6.30. The number of hydrogen-bond donors (Lipinski definition) is 1. The molecule has 2 atom stereocenters. The first-order valence-corrected chi connectivity index (χ1v) is 8.46. The van der Waals surface area contributed by atoms with Crippen molar-refractivity contribution < 1.29 is 4.74 Å². The number of anilines is 1. The predicted molar refractivity (Wildman–Crippen MR) is 83.8 cm³/mol. The van der Waals surface area contributed by atoms with Gasteiger partial charge in [0.15, 0.2) is 0 Å². The molecule has 2 saturated carbocycles. The minimum absolute atomic E-state index is 0.393. The molecule has 0 radical (unpaired) electrons. The molecule has 1 aromatic rings. The van der Waals surface area contributed by atoms with E-state index in [1.165, 1.54) is 32.1 Å². The van der Waals surface area contributed by atoms with Gasteiger partial charge >= 0.3 is 0 Å². The highest BCUT2D eigenvalue weighted by Crippen LogP contribution is 2.33. The van der Waals surface area contributed by atoms with E-state index in [-0.39, 0.29) is 0 Å². The predicted octanol–water partition coefficient (Wildman–Crippen LogP) is 2.74. The summed E-state index contributed by atoms with van der Waals surface area (Å²) in [5, 5.41) is 4.27. The first-order chi connectivity index (χ1) is 10.3. The molecule has 4 nitrogen and oxygen atoms in total. The van der Waals surface area contributed by atoms with Crippen LogP contribution in [0.1, 0.15) is 37.8 Å². The Kier molecular flexibility index (Phi) is 3.78. The summed E-state index contributed by atoms with van der Waals surface area (Å²) in [7, 11) is 0. The summed E-state index contributed by atoms with van der Waals surface area (Å²) in [6, 6.07) is 5.22. The molecule has 4 rings (SSSR count). The van der Waals surface area contributed by atoms with Gasteiger partial charge in [-0.15, -0.1) is 0 Å². The molecule has 3 fully saturated rings. The first-order valence-electron chi connectivity index (χ1n) is 8.08. The van der Waals surface area contributed by atoms with Gasteiger partial charge in [0.2, 0.25) is 0 Å². The Bertz CT molecular complexity index is 520. The Hall–Kier alpha value is -0.840. The topological polar surface area (TPSA) is 37.4 Å². The molecule has 2 aliphatic carbocycles. The molecule has 1 N–H and O–H groups in total. The fourth-order valence-corrected chi connectivity index (χ4v) is 3.67. The van der Waals surface area contributed by atoms with Crippen molar-refractivity contribution in [1.82, 2.24) is 10.3 Å². The maximum absolute atomic E-state index is 6.30. The Morgan fingerprint density at radius 3 is 3.05 bits per heavy atom. The lowest BCUT2D eigenvalue weighted by atomic mass is 10.1. The van der Waals surface area contributed by atoms with Crippen molar-refractivity contribution in [2.45, 2.75) is 56.8 Å². The number of halogens is 1. The molecular formula is C16H22ClN3O. The number of hydrogen-bond acceptors (Lipinski definition) is 4. The molecule has 0 amide bonds. The monoisotopic (exact) mass is 307 g/mol. The van der Waals surface area contributed by atoms with Crippen LogP contribution in [-0.2, 0) is 11.3 Å². The van der Waals surface area contributed by atoms with E-state index in [0.717, 1.165) is 36.2 Å². The van der Waals surface area contributed by atoms with Crippen molar-refractivity contribution in [2.75, 3.05) is 18.1 Å². The third-order valence-corrected chi connectivity index (χ3v) is 5.16. The second-order valence-corrected chi connectivity index (χ2v) is 6.76. The standard InChI is InChI=1S/C16H22ClN3O/c17-12-6-7-16(19-13(12)10-18-11-4-5-11)20-8-9-21-15-3-1-2-14(15)20/h6-7,11,14-15,18H,1-5,8-10H2. The SMILES string of the molecule is Clc1ccc(N2CCOC3CCCC32)nc1CNC1CC1. The van der Waals surface area contributed by atoms with Gasteiger partial charge in [0.1, 0.15) is 5.82 Å². The number of nitrogens with zero attached hydrogens (tertiary/aromatic N) is 2. The van der Waals surface area contributed by atoms with E-state index in [4.69, 9.17) is 21.3 Å². The van der Waals surface area contributed by atoms with E-state index in [0.29, 0.717) is 18.2 Å². The minimum atomic E-state index is 0.393. The van der Waals surface area contributed by atoms with Crippen LogP contribution in [0.15, 0.2) is 12.1 Å². The van der Waals surface area contributed by atoms with Crippen LogP contribution in [0, 0.1) is 0 Å². The number of morpholine rings is 1. The summed E-state index contributed by atoms with van der Waals surface area (Å²) in [6.45, 7) is 2.52. The van der Waals surface area contributed by atoms with Gasteiger partial charge in [-0.2, -0.15) is 0 Å². The van der Waals surface area contributed by atoms with Crippen LogP contribution in [0.3, 0.4) is 0 Å². The average molecular weight is 308 g/mol. The van der Waals surface area contributed by atoms with Crippen molar-refractivity contribution in [3.05, 3.63) is 22.8 Å². The summed E-state index contributed by atoms with van der Waals surface area (Å²) in [6.07, 6.45) is 6.62. The second-order valence-electron chi connectivity index (χ2n) is 6.35. The molecule has 0 spiro atoms. The number of ether oxygens (including phenoxy) is 1. The van der Waals surface area contributed by atoms with Gasteiger partial charge in [-0.25, -0.2) is 4.98 Å². The van der Waals surface area contributed by atoms with Gasteiger partial charge in [0.05, 0.1) is 29.5 Å². The lowest BCUT2D eigenvalue weighted by molar-refractivity contribution is 0.0253. The zero-order chi connectivity index (χ0) is 14.2. The molecule has 0 bridgehead atoms. The highest BCUT2D eigenvalue weighted by atomic mass is 35.5. The van der Waals surface area contributed by atoms with Crippen LogP contribution >= 0.6 is 11.6 Å². The van der Waals surface area contributed by atoms with E-state index < -0.39 is 0 Å². The molecule has 2 unspecified atom stereocenters. The van der Waals surface area contributed by atoms with E-state index in [2.05, 4.69) is 16.3 Å². The maximum Gasteiger partial charge on any atom is 0.129 e. The molecule has 114 valence electrons. The minimum Gasteiger partial charge on any atom is -0.374 e. The van der Waals surface area contributed by atoms with Crippen molar-refractivity contribution >= 4 is 17.4 Å². The van der Waals surface area contributed by atoms with Crippen LogP contribution in [-0.4, -0.2) is 36.3 Å². The second kappa shape index (κ2) is 5.75. The lowest BCUT2D eigenvalue weighted by Gasteiger charge is -2.38. The molecule has 2 heterocycles. The summed E-state index contributed by atoms with van der Waals surface area (Å²) < 4.78 is 5.89. The smallest absolute Gasteiger partial charge is 0.129 e. The molecule has 3 aliphatic rings. The molecule has 1 aliphatic heterocycles. The van der Waals surface area contributed by atoms with E-state index in [9.17, 15) is 0 Å². The normalized spacial score (nSPS) is 28.7. The Morgan fingerprint density at radius 1 is 1.29 bits per heavy atom. The van der Waals surface area contributed by atoms with Crippen molar-refractivity contribution in [3.8, 4) is 0 Å². The molecule has 21 heavy (non-hydrogen) atoms. The first kappa shape index (κ1) is 13.8. The number of aromatic nitrogens is 1. The van der Waals surface area contributed by atoms with Crippen LogP contribution in [0.4, 0.5) is 5.82 Å². The highest BCUT2D eigenvalue weighted by molar-refractivity contribution is 6.31. The summed E-state index contributed by atoms with van der Waals surface area (Å²) in [4.78, 5) is 7.26. The molecular weight excluding hydrogens is 286 g/mol. The molecule has 0 aromatic carbocycles. The summed E-state index contributed by atoms with van der Waals surface area (Å²) >= 11 is 6.30. The van der Waals surface area contributed by atoms with E-state index >= 15 is 0 Å². The van der Waals surface area contributed by atoms with Crippen molar-refractivity contribution in [1.29, 1.82) is 0 Å². The van der Waals surface area contributed by atoms with E-state index in [1.807, 2.05) is 6.07 Å². The zero-order valence-corrected chi connectivity index (χ0v) is 13.0. The lowest BCUT2D eigenvalue weighted by Crippen LogP contribution is -2.49. The summed E-state index contributed by atoms with van der Waals surface area (Å²) in [5.74, 6) is 1.06. The van der Waals surface area contributed by atoms with Crippen LogP contribution < -0.4 is 10.2 Å². The third kappa shape index (κ3) is 2.89. The van der Waals surface area contributed by atoms with Crippen LogP contribution in [0.2, 0.25) is 5.02 Å². The van der Waals surface area contributed by atoms with Crippen molar-refractivity contribution in [3.63, 3.8) is 0 Å². The Labute approximate surface area is 130 Å². The van der Waals surface area contributed by atoms with Crippen LogP contribution in [0.25, 0.3) is 0 Å². The Morgan fingerprint density at radius 2 is 2.19 bits per heavy atom. The van der Waals surface area contributed by atoms with Gasteiger partial charge in [0, 0.05) is 19.1 Å². The van der Waals surface area contributed by atoms with Gasteiger partial charge in [0.25, 0.3) is 0 Å². The highest BCUT2D eigenvalue weighted by Gasteiger charge is 2.36. The molecule has 5 heteroatoms. The van der Waals surface area contributed by atoms with Gasteiger partial charge in [-0.3, -0.25) is 0 Å². The van der Waals surface area contributed by atoms with Crippen molar-refractivity contribution in [2.24, 2.45) is 0 Å². The fraction of sp³-hybridized carbons (Fsp3) is 0.688. The number of pyridine rings is 1. The zero-order valence-electron chi connectivity index (χ0n) is 12.2. The van der Waals surface area contributed by atoms with Gasteiger partial charge in [-0.1, -0.05) is 11.6 Å². The Balaban J connectivity index is 1.54. The van der Waals surface area contributed by atoms with E-state index in [1.54, 1.807) is 0 Å². The third-order valence-electron chi connectivity index (χ3n) is 4.82. The fourth-order valence-electron chi connectivity index (χ4n) is 3.50. The largest absolute Gasteiger partial charge is 0.374 e. The number of fused-ring (bicyclic) bond motifs is 1. The average Bonchev–Trinajstić information content (AvgIpc) is 3.21.